The van der Waals surface area contributed by atoms with Gasteiger partial charge < -0.3 is 5.32 Å². The first-order chi connectivity index (χ1) is 8.74. The third-order valence-corrected chi connectivity index (χ3v) is 2.40. The maximum Gasteiger partial charge on any atom is 0.244 e. The summed E-state index contributed by atoms with van der Waals surface area (Å²) >= 11 is 0. The molecule has 0 unspecified atom stereocenters. The van der Waals surface area contributed by atoms with Crippen molar-refractivity contribution >= 4 is 12.0 Å². The number of benzene rings is 1. The molecule has 1 aromatic heterocycles. The summed E-state index contributed by atoms with van der Waals surface area (Å²) in [5.74, 6) is 0.471. The number of aromatic nitrogens is 3. The van der Waals surface area contributed by atoms with Gasteiger partial charge in [0.25, 0.3) is 0 Å². The monoisotopic (exact) mass is 242 g/mol. The van der Waals surface area contributed by atoms with Crippen molar-refractivity contribution in [2.75, 3.05) is 0 Å². The minimum Gasteiger partial charge on any atom is -0.345 e. The normalized spacial score (nSPS) is 10.7. The average molecular weight is 242 g/mol. The molecule has 2 rings (SSSR count). The molecule has 1 heterocycles. The third-order valence-electron chi connectivity index (χ3n) is 2.40. The first kappa shape index (κ1) is 12.0. The van der Waals surface area contributed by atoms with Crippen LogP contribution in [0.25, 0.3) is 6.08 Å². The van der Waals surface area contributed by atoms with Crippen molar-refractivity contribution in [3.05, 3.63) is 53.6 Å². The van der Waals surface area contributed by atoms with Gasteiger partial charge in [-0.05, 0) is 18.6 Å². The number of aromatic amines is 1. The predicted molar refractivity (Wildman–Crippen MR) is 68.4 cm³/mol. The number of aryl methyl sites for hydroxylation is 1. The zero-order valence-corrected chi connectivity index (χ0v) is 10.1. The molecular weight excluding hydrogens is 228 g/mol. The highest BCUT2D eigenvalue weighted by Gasteiger charge is 1.98. The fraction of sp³-hybridized carbons (Fsp3) is 0.154. The van der Waals surface area contributed by atoms with Crippen molar-refractivity contribution in [3.8, 4) is 0 Å². The van der Waals surface area contributed by atoms with Gasteiger partial charge in [-0.2, -0.15) is 5.10 Å². The molecule has 0 aliphatic heterocycles. The Morgan fingerprint density at radius 1 is 1.39 bits per heavy atom. The quantitative estimate of drug-likeness (QED) is 0.797. The standard InChI is InChI=1S/C13H14N4O/c1-10-2-4-11(5-3-10)6-7-13(18)14-8-12-15-9-16-17-12/h2-7,9H,8H2,1H3,(H,14,18)(H,15,16,17)/b7-6+. The van der Waals surface area contributed by atoms with E-state index in [4.69, 9.17) is 0 Å². The molecule has 0 aliphatic rings. The van der Waals surface area contributed by atoms with E-state index < -0.39 is 0 Å². The molecule has 0 saturated heterocycles. The fourth-order valence-corrected chi connectivity index (χ4v) is 1.40. The molecule has 18 heavy (non-hydrogen) atoms. The van der Waals surface area contributed by atoms with Gasteiger partial charge >= 0.3 is 0 Å². The second kappa shape index (κ2) is 5.77. The maximum absolute atomic E-state index is 11.5. The van der Waals surface area contributed by atoms with E-state index in [-0.39, 0.29) is 5.91 Å². The summed E-state index contributed by atoms with van der Waals surface area (Å²) in [5, 5.41) is 9.08. The second-order valence-electron chi connectivity index (χ2n) is 3.89. The molecule has 1 amide bonds. The minimum absolute atomic E-state index is 0.160. The topological polar surface area (TPSA) is 70.7 Å². The highest BCUT2D eigenvalue weighted by Crippen LogP contribution is 2.04. The number of amides is 1. The van der Waals surface area contributed by atoms with Gasteiger partial charge in [0.1, 0.15) is 12.2 Å². The lowest BCUT2D eigenvalue weighted by atomic mass is 10.1. The lowest BCUT2D eigenvalue weighted by molar-refractivity contribution is -0.116. The van der Waals surface area contributed by atoms with Gasteiger partial charge in [0.15, 0.2) is 0 Å². The number of hydrogen-bond donors (Lipinski definition) is 2. The van der Waals surface area contributed by atoms with Crippen molar-refractivity contribution in [3.63, 3.8) is 0 Å². The van der Waals surface area contributed by atoms with E-state index in [0.717, 1.165) is 5.56 Å². The van der Waals surface area contributed by atoms with E-state index in [1.807, 2.05) is 31.2 Å². The molecule has 0 aliphatic carbocycles. The van der Waals surface area contributed by atoms with Gasteiger partial charge in [-0.15, -0.1) is 0 Å². The number of H-pyrrole nitrogens is 1. The van der Waals surface area contributed by atoms with Crippen molar-refractivity contribution < 1.29 is 4.79 Å². The van der Waals surface area contributed by atoms with E-state index >= 15 is 0 Å². The van der Waals surface area contributed by atoms with E-state index in [1.165, 1.54) is 18.0 Å². The first-order valence-corrected chi connectivity index (χ1v) is 5.61. The van der Waals surface area contributed by atoms with Gasteiger partial charge in [-0.25, -0.2) is 4.98 Å². The van der Waals surface area contributed by atoms with Crippen molar-refractivity contribution in [2.45, 2.75) is 13.5 Å². The summed E-state index contributed by atoms with van der Waals surface area (Å²) in [6, 6.07) is 7.95. The van der Waals surface area contributed by atoms with Gasteiger partial charge in [-0.1, -0.05) is 29.8 Å². The van der Waals surface area contributed by atoms with Crippen molar-refractivity contribution in [1.29, 1.82) is 0 Å². The Morgan fingerprint density at radius 2 is 2.17 bits per heavy atom. The maximum atomic E-state index is 11.5. The third kappa shape index (κ3) is 3.55. The number of nitrogens with one attached hydrogen (secondary N) is 2. The molecule has 0 atom stereocenters. The lowest BCUT2D eigenvalue weighted by Gasteiger charge is -1.98. The highest BCUT2D eigenvalue weighted by atomic mass is 16.1. The van der Waals surface area contributed by atoms with Crippen LogP contribution in [0.4, 0.5) is 0 Å². The Bertz CT molecular complexity index is 529. The van der Waals surface area contributed by atoms with Crippen molar-refractivity contribution in [1.82, 2.24) is 20.5 Å². The van der Waals surface area contributed by atoms with Crippen LogP contribution in [0.3, 0.4) is 0 Å². The van der Waals surface area contributed by atoms with Crippen LogP contribution in [0.5, 0.6) is 0 Å². The summed E-state index contributed by atoms with van der Waals surface area (Å²) in [7, 11) is 0. The second-order valence-corrected chi connectivity index (χ2v) is 3.89. The smallest absolute Gasteiger partial charge is 0.244 e. The minimum atomic E-state index is -0.160. The van der Waals surface area contributed by atoms with Gasteiger partial charge in [0.05, 0.1) is 6.54 Å². The Labute approximate surface area is 105 Å². The van der Waals surface area contributed by atoms with Gasteiger partial charge in [0.2, 0.25) is 5.91 Å². The largest absolute Gasteiger partial charge is 0.345 e. The molecule has 0 saturated carbocycles. The van der Waals surface area contributed by atoms with Crippen LogP contribution in [0.2, 0.25) is 0 Å². The van der Waals surface area contributed by atoms with E-state index in [2.05, 4.69) is 20.5 Å². The van der Waals surface area contributed by atoms with Crippen LogP contribution in [-0.2, 0) is 11.3 Å². The summed E-state index contributed by atoms with van der Waals surface area (Å²) in [6.07, 6.45) is 4.68. The molecule has 0 radical (unpaired) electrons. The molecule has 5 nitrogen and oxygen atoms in total. The Morgan fingerprint density at radius 3 is 2.83 bits per heavy atom. The number of hydrogen-bond acceptors (Lipinski definition) is 3. The molecule has 5 heteroatoms. The van der Waals surface area contributed by atoms with E-state index in [0.29, 0.717) is 12.4 Å². The molecular formula is C13H14N4O. The summed E-state index contributed by atoms with van der Waals surface area (Å²) in [4.78, 5) is 15.4. The summed E-state index contributed by atoms with van der Waals surface area (Å²) in [5.41, 5.74) is 2.19. The molecule has 2 aromatic rings. The highest BCUT2D eigenvalue weighted by molar-refractivity contribution is 5.91. The summed E-state index contributed by atoms with van der Waals surface area (Å²) < 4.78 is 0. The Hall–Kier alpha value is -2.43. The SMILES string of the molecule is Cc1ccc(/C=C/C(=O)NCc2ncn[nH]2)cc1. The van der Waals surface area contributed by atoms with Crippen molar-refractivity contribution in [2.24, 2.45) is 0 Å². The predicted octanol–water partition coefficient (Wildman–Crippen LogP) is 1.44. The van der Waals surface area contributed by atoms with E-state index in [9.17, 15) is 4.79 Å². The molecule has 0 bridgehead atoms. The Kier molecular flexibility index (Phi) is 3.86. The zero-order valence-electron chi connectivity index (χ0n) is 10.1. The number of carbonyl (C=O) groups excluding carboxylic acids is 1. The van der Waals surface area contributed by atoms with Crippen LogP contribution in [0.1, 0.15) is 17.0 Å². The van der Waals surface area contributed by atoms with Crippen LogP contribution in [-0.4, -0.2) is 21.1 Å². The number of rotatable bonds is 4. The van der Waals surface area contributed by atoms with Crippen LogP contribution in [0, 0.1) is 6.92 Å². The Balaban J connectivity index is 1.85. The molecule has 0 fully saturated rings. The summed E-state index contributed by atoms with van der Waals surface area (Å²) in [6.45, 7) is 2.37. The zero-order chi connectivity index (χ0) is 12.8. The van der Waals surface area contributed by atoms with Crippen LogP contribution in [0.15, 0.2) is 36.7 Å². The van der Waals surface area contributed by atoms with Gasteiger partial charge in [0, 0.05) is 6.08 Å². The van der Waals surface area contributed by atoms with E-state index in [1.54, 1.807) is 6.08 Å². The number of nitrogens with zero attached hydrogens (tertiary/aromatic N) is 2. The molecule has 1 aromatic carbocycles. The van der Waals surface area contributed by atoms with Crippen LogP contribution < -0.4 is 5.32 Å². The first-order valence-electron chi connectivity index (χ1n) is 5.61. The van der Waals surface area contributed by atoms with Crippen LogP contribution >= 0.6 is 0 Å². The average Bonchev–Trinajstić information content (AvgIpc) is 2.89. The lowest BCUT2D eigenvalue weighted by Crippen LogP contribution is -2.20. The molecule has 92 valence electrons. The van der Waals surface area contributed by atoms with Gasteiger partial charge in [-0.3, -0.25) is 9.89 Å². The number of carbonyl (C=O) groups is 1. The molecule has 0 spiro atoms. The fourth-order valence-electron chi connectivity index (χ4n) is 1.40. The molecule has 2 N–H and O–H groups in total.